The van der Waals surface area contributed by atoms with Crippen molar-refractivity contribution >= 4 is 5.97 Å². The summed E-state index contributed by atoms with van der Waals surface area (Å²) in [4.78, 5) is 14.1. The Balaban J connectivity index is 2.21. The third kappa shape index (κ3) is 2.98. The maximum Gasteiger partial charge on any atom is 0.307 e. The van der Waals surface area contributed by atoms with Gasteiger partial charge < -0.3 is 9.64 Å². The van der Waals surface area contributed by atoms with Crippen LogP contribution in [0.4, 0.5) is 0 Å². The summed E-state index contributed by atoms with van der Waals surface area (Å²) in [6.45, 7) is 2.31. The molecule has 1 aromatic rings. The lowest BCUT2D eigenvalue weighted by atomic mass is 9.75. The van der Waals surface area contributed by atoms with Crippen LogP contribution in [-0.4, -0.2) is 37.1 Å². The van der Waals surface area contributed by atoms with Gasteiger partial charge in [0, 0.05) is 5.54 Å². The van der Waals surface area contributed by atoms with Crippen molar-refractivity contribution in [3.05, 3.63) is 35.4 Å². The van der Waals surface area contributed by atoms with E-state index >= 15 is 0 Å². The molecule has 0 aliphatic heterocycles. The van der Waals surface area contributed by atoms with E-state index in [0.717, 1.165) is 19.3 Å². The monoisotopic (exact) mass is 261 g/mol. The number of benzene rings is 1. The molecule has 1 unspecified atom stereocenters. The molecule has 2 rings (SSSR count). The molecular formula is C16H23NO2. The quantitative estimate of drug-likeness (QED) is 0.780. The molecule has 104 valence electrons. The molecule has 0 heterocycles. The van der Waals surface area contributed by atoms with Gasteiger partial charge in [0.1, 0.15) is 0 Å². The molecule has 0 fully saturated rings. The molecule has 0 N–H and O–H groups in total. The molecule has 0 aromatic heterocycles. The molecule has 0 saturated carbocycles. The number of fused-ring (bicyclic) bond motifs is 1. The van der Waals surface area contributed by atoms with E-state index in [-0.39, 0.29) is 11.5 Å². The molecule has 0 spiro atoms. The minimum Gasteiger partial charge on any atom is -0.466 e. The van der Waals surface area contributed by atoms with Crippen LogP contribution in [0.3, 0.4) is 0 Å². The van der Waals surface area contributed by atoms with Gasteiger partial charge in [0.25, 0.3) is 0 Å². The van der Waals surface area contributed by atoms with E-state index in [2.05, 4.69) is 43.3 Å². The first-order valence-electron chi connectivity index (χ1n) is 6.97. The molecule has 0 saturated heterocycles. The Hall–Kier alpha value is -1.35. The molecule has 1 aromatic carbocycles. The number of nitrogens with zero attached hydrogens (tertiary/aromatic N) is 1. The number of hydrogen-bond donors (Lipinski definition) is 0. The zero-order valence-corrected chi connectivity index (χ0v) is 12.1. The van der Waals surface area contributed by atoms with Crippen LogP contribution in [0.15, 0.2) is 24.3 Å². The fraction of sp³-hybridized carbons (Fsp3) is 0.562. The molecule has 1 aliphatic carbocycles. The number of carbonyl (C=O) groups excluding carboxylic acids is 1. The predicted octanol–water partition coefficient (Wildman–Crippen LogP) is 2.43. The van der Waals surface area contributed by atoms with E-state index in [1.54, 1.807) is 0 Å². The van der Waals surface area contributed by atoms with Crippen LogP contribution < -0.4 is 0 Å². The smallest absolute Gasteiger partial charge is 0.307 e. The number of carbonyl (C=O) groups is 1. The first kappa shape index (κ1) is 14.1. The molecule has 3 heteroatoms. The summed E-state index contributed by atoms with van der Waals surface area (Å²) in [5.41, 5.74) is 2.69. The van der Waals surface area contributed by atoms with E-state index in [1.807, 2.05) is 6.92 Å². The van der Waals surface area contributed by atoms with Gasteiger partial charge in [-0.25, -0.2) is 0 Å². The van der Waals surface area contributed by atoms with Gasteiger partial charge in [-0.15, -0.1) is 0 Å². The average Bonchev–Trinajstić information content (AvgIpc) is 2.38. The lowest BCUT2D eigenvalue weighted by Gasteiger charge is -2.43. The Morgan fingerprint density at radius 1 is 1.32 bits per heavy atom. The van der Waals surface area contributed by atoms with Crippen LogP contribution in [0.2, 0.25) is 0 Å². The number of esters is 1. The van der Waals surface area contributed by atoms with Gasteiger partial charge in [-0.1, -0.05) is 24.3 Å². The Bertz CT molecular complexity index is 456. The van der Waals surface area contributed by atoms with Crippen molar-refractivity contribution in [3.63, 3.8) is 0 Å². The maximum atomic E-state index is 11.9. The summed E-state index contributed by atoms with van der Waals surface area (Å²) in [5.74, 6) is -0.0874. The minimum atomic E-state index is -0.0966. The molecule has 1 atom stereocenters. The minimum absolute atomic E-state index is 0.0874. The Labute approximate surface area is 115 Å². The Kier molecular flexibility index (Phi) is 4.25. The first-order valence-corrected chi connectivity index (χ1v) is 6.97. The van der Waals surface area contributed by atoms with E-state index in [4.69, 9.17) is 4.74 Å². The van der Waals surface area contributed by atoms with Gasteiger partial charge in [0.15, 0.2) is 0 Å². The fourth-order valence-electron chi connectivity index (χ4n) is 2.96. The summed E-state index contributed by atoms with van der Waals surface area (Å²) in [6.07, 6.45) is 3.45. The summed E-state index contributed by atoms with van der Waals surface area (Å²) >= 11 is 0. The van der Waals surface area contributed by atoms with Crippen molar-refractivity contribution < 1.29 is 9.53 Å². The molecule has 0 radical (unpaired) electrons. The number of likely N-dealkylation sites (N-methyl/N-ethyl adjacent to an activating group) is 1. The number of hydrogen-bond acceptors (Lipinski definition) is 3. The SMILES string of the molecule is CCOC(=O)CC1(N(C)C)CCc2ccccc2C1. The lowest BCUT2D eigenvalue weighted by molar-refractivity contribution is -0.146. The van der Waals surface area contributed by atoms with Crippen LogP contribution in [0.1, 0.15) is 30.9 Å². The number of ether oxygens (including phenoxy) is 1. The van der Waals surface area contributed by atoms with Crippen LogP contribution >= 0.6 is 0 Å². The van der Waals surface area contributed by atoms with Crippen molar-refractivity contribution in [2.75, 3.05) is 20.7 Å². The highest BCUT2D eigenvalue weighted by Gasteiger charge is 2.38. The van der Waals surface area contributed by atoms with E-state index in [1.165, 1.54) is 11.1 Å². The summed E-state index contributed by atoms with van der Waals surface area (Å²) in [7, 11) is 4.13. The van der Waals surface area contributed by atoms with Gasteiger partial charge in [-0.2, -0.15) is 0 Å². The van der Waals surface area contributed by atoms with E-state index < -0.39 is 0 Å². The second-order valence-electron chi connectivity index (χ2n) is 5.55. The third-order valence-corrected chi connectivity index (χ3v) is 4.22. The molecular weight excluding hydrogens is 238 g/mol. The molecule has 19 heavy (non-hydrogen) atoms. The van der Waals surface area contributed by atoms with Crippen molar-refractivity contribution in [1.29, 1.82) is 0 Å². The first-order chi connectivity index (χ1) is 9.07. The normalized spacial score (nSPS) is 22.1. The maximum absolute atomic E-state index is 11.9. The van der Waals surface area contributed by atoms with E-state index in [0.29, 0.717) is 13.0 Å². The molecule has 1 aliphatic rings. The van der Waals surface area contributed by atoms with Crippen LogP contribution in [0.25, 0.3) is 0 Å². The van der Waals surface area contributed by atoms with Crippen molar-refractivity contribution in [3.8, 4) is 0 Å². The topological polar surface area (TPSA) is 29.5 Å². The van der Waals surface area contributed by atoms with Gasteiger partial charge >= 0.3 is 5.97 Å². The van der Waals surface area contributed by atoms with Crippen molar-refractivity contribution in [1.82, 2.24) is 4.90 Å². The van der Waals surface area contributed by atoms with Crippen LogP contribution in [0.5, 0.6) is 0 Å². The highest BCUT2D eigenvalue weighted by Crippen LogP contribution is 2.34. The summed E-state index contributed by atoms with van der Waals surface area (Å²) < 4.78 is 5.14. The fourth-order valence-corrected chi connectivity index (χ4v) is 2.96. The van der Waals surface area contributed by atoms with E-state index in [9.17, 15) is 4.79 Å². The molecule has 0 bridgehead atoms. The lowest BCUT2D eigenvalue weighted by Crippen LogP contribution is -2.50. The summed E-state index contributed by atoms with van der Waals surface area (Å²) in [5, 5.41) is 0. The van der Waals surface area contributed by atoms with Gasteiger partial charge in [-0.3, -0.25) is 4.79 Å². The van der Waals surface area contributed by atoms with Crippen molar-refractivity contribution in [2.45, 2.75) is 38.1 Å². The van der Waals surface area contributed by atoms with Crippen molar-refractivity contribution in [2.24, 2.45) is 0 Å². The Morgan fingerprint density at radius 2 is 2.00 bits per heavy atom. The average molecular weight is 261 g/mol. The van der Waals surface area contributed by atoms with Crippen LogP contribution in [-0.2, 0) is 22.4 Å². The Morgan fingerprint density at radius 3 is 2.63 bits per heavy atom. The largest absolute Gasteiger partial charge is 0.466 e. The van der Waals surface area contributed by atoms with Crippen LogP contribution in [0, 0.1) is 0 Å². The zero-order chi connectivity index (χ0) is 13.9. The van der Waals surface area contributed by atoms with Gasteiger partial charge in [-0.05, 0) is 51.4 Å². The number of rotatable bonds is 4. The number of aryl methyl sites for hydroxylation is 1. The second-order valence-corrected chi connectivity index (χ2v) is 5.55. The zero-order valence-electron chi connectivity index (χ0n) is 12.1. The summed E-state index contributed by atoms with van der Waals surface area (Å²) in [6, 6.07) is 8.54. The predicted molar refractivity (Wildman–Crippen MR) is 76.1 cm³/mol. The highest BCUT2D eigenvalue weighted by atomic mass is 16.5. The third-order valence-electron chi connectivity index (χ3n) is 4.22. The highest BCUT2D eigenvalue weighted by molar-refractivity contribution is 5.71. The second kappa shape index (κ2) is 5.74. The van der Waals surface area contributed by atoms with Gasteiger partial charge in [0.05, 0.1) is 13.0 Å². The standard InChI is InChI=1S/C16H23NO2/c1-4-19-15(18)12-16(17(2)3)10-9-13-7-5-6-8-14(13)11-16/h5-8H,4,9-12H2,1-3H3. The molecule has 0 amide bonds. The molecule has 3 nitrogen and oxygen atoms in total. The van der Waals surface area contributed by atoms with Gasteiger partial charge in [0.2, 0.25) is 0 Å².